The highest BCUT2D eigenvalue weighted by Crippen LogP contribution is 2.26. The fourth-order valence-electron chi connectivity index (χ4n) is 3.80. The van der Waals surface area contributed by atoms with Gasteiger partial charge in [-0.3, -0.25) is 9.69 Å². The molecule has 2 atom stereocenters. The molecule has 2 unspecified atom stereocenters. The maximum atomic E-state index is 13.2. The van der Waals surface area contributed by atoms with Crippen molar-refractivity contribution >= 4 is 29.2 Å². The summed E-state index contributed by atoms with van der Waals surface area (Å²) < 4.78 is 5.58. The zero-order chi connectivity index (χ0) is 23.8. The highest BCUT2D eigenvalue weighted by atomic mass is 35.5. The van der Waals surface area contributed by atoms with E-state index in [2.05, 4.69) is 20.8 Å². The van der Waals surface area contributed by atoms with Crippen LogP contribution < -0.4 is 10.6 Å². The van der Waals surface area contributed by atoms with Crippen molar-refractivity contribution in [2.24, 2.45) is 5.92 Å². The van der Waals surface area contributed by atoms with E-state index in [9.17, 15) is 9.59 Å². The first-order valence-electron chi connectivity index (χ1n) is 11.2. The maximum Gasteiger partial charge on any atom is 0.410 e. The Hall–Kier alpha value is -2.71. The molecule has 178 valence electrons. The van der Waals surface area contributed by atoms with Gasteiger partial charge in [0.2, 0.25) is 0 Å². The normalized spacial score (nSPS) is 18.6. The van der Waals surface area contributed by atoms with E-state index in [0.717, 1.165) is 18.7 Å². The number of carbonyl (C=O) groups excluding carboxylic acids is 2. The van der Waals surface area contributed by atoms with Gasteiger partial charge in [0.1, 0.15) is 5.60 Å². The minimum Gasteiger partial charge on any atom is -0.444 e. The first-order valence-corrected chi connectivity index (χ1v) is 11.6. The first-order chi connectivity index (χ1) is 15.7. The number of amides is 1. The predicted octanol–water partition coefficient (Wildman–Crippen LogP) is 3.92. The van der Waals surface area contributed by atoms with E-state index in [4.69, 9.17) is 16.3 Å². The number of para-hydroxylation sites is 1. The van der Waals surface area contributed by atoms with Gasteiger partial charge in [0, 0.05) is 19.3 Å². The van der Waals surface area contributed by atoms with E-state index >= 15 is 0 Å². The van der Waals surface area contributed by atoms with Crippen LogP contribution in [-0.2, 0) is 16.1 Å². The average Bonchev–Trinajstić information content (AvgIpc) is 2.78. The summed E-state index contributed by atoms with van der Waals surface area (Å²) in [5, 5.41) is 15.0. The second-order valence-corrected chi connectivity index (χ2v) is 9.63. The van der Waals surface area contributed by atoms with Crippen LogP contribution in [0.15, 0.2) is 42.6 Å². The molecule has 1 amide bonds. The number of likely N-dealkylation sites (tertiary alicyclic amines) is 1. The van der Waals surface area contributed by atoms with Crippen LogP contribution in [0, 0.1) is 5.92 Å². The zero-order valence-corrected chi connectivity index (χ0v) is 20.1. The molecule has 2 heterocycles. The molecular formula is C24H32ClN5O3. The molecule has 1 aromatic carbocycles. The molecule has 1 aliphatic rings. The van der Waals surface area contributed by atoms with E-state index < -0.39 is 17.7 Å². The molecule has 1 fully saturated rings. The molecule has 8 nitrogen and oxygen atoms in total. The molecular weight excluding hydrogens is 442 g/mol. The second kappa shape index (κ2) is 11.4. The van der Waals surface area contributed by atoms with Crippen molar-refractivity contribution in [3.05, 3.63) is 53.3 Å². The molecule has 0 radical (unpaired) electrons. The highest BCUT2D eigenvalue weighted by molar-refractivity contribution is 6.33. The number of hydrogen-bond donors (Lipinski definition) is 2. The summed E-state index contributed by atoms with van der Waals surface area (Å²) in [6, 6.07) is 10.5. The van der Waals surface area contributed by atoms with E-state index in [0.29, 0.717) is 30.2 Å². The molecule has 1 aromatic heterocycles. The van der Waals surface area contributed by atoms with E-state index in [1.807, 2.05) is 51.1 Å². The quantitative estimate of drug-likeness (QED) is 0.599. The second-order valence-electron chi connectivity index (χ2n) is 9.23. The van der Waals surface area contributed by atoms with E-state index in [1.165, 1.54) is 0 Å². The Labute approximate surface area is 200 Å². The van der Waals surface area contributed by atoms with Gasteiger partial charge in [-0.05, 0) is 70.3 Å². The lowest BCUT2D eigenvalue weighted by Crippen LogP contribution is -2.53. The lowest BCUT2D eigenvalue weighted by Gasteiger charge is -2.39. The number of rotatable bonds is 8. The van der Waals surface area contributed by atoms with Crippen LogP contribution in [0.2, 0.25) is 5.02 Å². The summed E-state index contributed by atoms with van der Waals surface area (Å²) in [6.07, 6.45) is 2.54. The van der Waals surface area contributed by atoms with Gasteiger partial charge in [0.15, 0.2) is 5.78 Å². The van der Waals surface area contributed by atoms with Gasteiger partial charge in [-0.15, -0.1) is 0 Å². The smallest absolute Gasteiger partial charge is 0.410 e. The van der Waals surface area contributed by atoms with Crippen LogP contribution >= 0.6 is 11.6 Å². The number of halogens is 1. The Bertz CT molecular complexity index is 935. The van der Waals surface area contributed by atoms with Crippen LogP contribution in [0.1, 0.15) is 39.3 Å². The molecule has 0 bridgehead atoms. The maximum absolute atomic E-state index is 13.2. The molecule has 1 aliphatic heterocycles. The van der Waals surface area contributed by atoms with Crippen molar-refractivity contribution in [1.82, 2.24) is 20.4 Å². The molecule has 0 aliphatic carbocycles. The lowest BCUT2D eigenvalue weighted by atomic mass is 9.88. The standard InChI is InChI=1S/C24H32ClN5O3/c1-24(2,3)33-23(32)30-12-10-17(14-26-15-18-7-6-11-28-29-18)13-21(30)22(31)16-27-20-9-5-4-8-19(20)25/h4-9,11,17,21,26-27H,10,12-16H2,1-3H3. The third-order valence-electron chi connectivity index (χ3n) is 5.40. The minimum atomic E-state index is -0.629. The average molecular weight is 474 g/mol. The summed E-state index contributed by atoms with van der Waals surface area (Å²) in [7, 11) is 0. The Morgan fingerprint density at radius 2 is 2.00 bits per heavy atom. The Balaban J connectivity index is 1.63. The first kappa shape index (κ1) is 24.9. The number of Topliss-reactive ketones (excluding diaryl/α,β-unsaturated/α-hetero) is 1. The van der Waals surface area contributed by atoms with Crippen LogP contribution in [0.25, 0.3) is 0 Å². The summed E-state index contributed by atoms with van der Waals surface area (Å²) in [5.74, 6) is 0.175. The third kappa shape index (κ3) is 7.68. The van der Waals surface area contributed by atoms with Gasteiger partial charge in [-0.1, -0.05) is 23.7 Å². The fourth-order valence-corrected chi connectivity index (χ4v) is 4.01. The number of hydrogen-bond acceptors (Lipinski definition) is 7. The number of ketones is 1. The van der Waals surface area contributed by atoms with Gasteiger partial charge >= 0.3 is 6.09 Å². The molecule has 9 heteroatoms. The van der Waals surface area contributed by atoms with Crippen LogP contribution in [0.4, 0.5) is 10.5 Å². The third-order valence-corrected chi connectivity index (χ3v) is 5.73. The monoisotopic (exact) mass is 473 g/mol. The number of aromatic nitrogens is 2. The predicted molar refractivity (Wildman–Crippen MR) is 128 cm³/mol. The van der Waals surface area contributed by atoms with Crippen molar-refractivity contribution < 1.29 is 14.3 Å². The summed E-state index contributed by atoms with van der Waals surface area (Å²) in [6.45, 7) is 7.34. The fraction of sp³-hybridized carbons (Fsp3) is 0.500. The van der Waals surface area contributed by atoms with Crippen LogP contribution in [0.5, 0.6) is 0 Å². The number of ether oxygens (including phenoxy) is 1. The van der Waals surface area contributed by atoms with E-state index in [-0.39, 0.29) is 18.2 Å². The molecule has 1 saturated heterocycles. The number of benzene rings is 1. The number of nitrogens with zero attached hydrogens (tertiary/aromatic N) is 3. The van der Waals surface area contributed by atoms with Crippen molar-refractivity contribution in [3.8, 4) is 0 Å². The molecule has 0 saturated carbocycles. The van der Waals surface area contributed by atoms with Crippen LogP contribution in [0.3, 0.4) is 0 Å². The highest BCUT2D eigenvalue weighted by Gasteiger charge is 2.37. The number of anilines is 1. The largest absolute Gasteiger partial charge is 0.444 e. The molecule has 2 aromatic rings. The molecule has 33 heavy (non-hydrogen) atoms. The van der Waals surface area contributed by atoms with Crippen molar-refractivity contribution in [3.63, 3.8) is 0 Å². The van der Waals surface area contributed by atoms with Gasteiger partial charge in [0.05, 0.1) is 29.0 Å². The van der Waals surface area contributed by atoms with Crippen molar-refractivity contribution in [2.45, 2.75) is 51.8 Å². The number of nitrogens with one attached hydrogen (secondary N) is 2. The van der Waals surface area contributed by atoms with Gasteiger partial charge in [-0.25, -0.2) is 4.79 Å². The SMILES string of the molecule is CC(C)(C)OC(=O)N1CCC(CNCc2cccnn2)CC1C(=O)CNc1ccccc1Cl. The lowest BCUT2D eigenvalue weighted by molar-refractivity contribution is -0.124. The van der Waals surface area contributed by atoms with Crippen molar-refractivity contribution in [2.75, 3.05) is 25.0 Å². The number of piperidine rings is 1. The van der Waals surface area contributed by atoms with Gasteiger partial charge in [0.25, 0.3) is 0 Å². The Kier molecular flexibility index (Phi) is 8.63. The topological polar surface area (TPSA) is 96.4 Å². The van der Waals surface area contributed by atoms with Crippen LogP contribution in [-0.4, -0.2) is 58.3 Å². The zero-order valence-electron chi connectivity index (χ0n) is 19.4. The van der Waals surface area contributed by atoms with Gasteiger partial charge < -0.3 is 15.4 Å². The summed E-state index contributed by atoms with van der Waals surface area (Å²) >= 11 is 6.20. The summed E-state index contributed by atoms with van der Waals surface area (Å²) in [5.41, 5.74) is 0.921. The Morgan fingerprint density at radius 1 is 1.21 bits per heavy atom. The minimum absolute atomic E-state index is 0.0700. The molecule has 3 rings (SSSR count). The summed E-state index contributed by atoms with van der Waals surface area (Å²) in [4.78, 5) is 27.6. The van der Waals surface area contributed by atoms with Crippen molar-refractivity contribution in [1.29, 1.82) is 0 Å². The number of carbonyl (C=O) groups is 2. The molecule has 2 N–H and O–H groups in total. The Morgan fingerprint density at radius 3 is 2.70 bits per heavy atom. The molecule has 0 spiro atoms. The van der Waals surface area contributed by atoms with E-state index in [1.54, 1.807) is 17.2 Å². The van der Waals surface area contributed by atoms with Gasteiger partial charge in [-0.2, -0.15) is 10.2 Å².